The van der Waals surface area contributed by atoms with Crippen LogP contribution in [0.2, 0.25) is 0 Å². The van der Waals surface area contributed by atoms with Crippen LogP contribution in [0.4, 0.5) is 0 Å². The minimum atomic E-state index is -3.44. The predicted octanol–water partition coefficient (Wildman–Crippen LogP) is 3.04. The van der Waals surface area contributed by atoms with E-state index in [4.69, 9.17) is 4.74 Å². The van der Waals surface area contributed by atoms with Crippen molar-refractivity contribution in [2.75, 3.05) is 20.2 Å². The predicted molar refractivity (Wildman–Crippen MR) is 108 cm³/mol. The van der Waals surface area contributed by atoms with Crippen molar-refractivity contribution < 1.29 is 17.9 Å². The molecule has 6 nitrogen and oxygen atoms in total. The van der Waals surface area contributed by atoms with Crippen molar-refractivity contribution in [3.8, 4) is 5.75 Å². The van der Waals surface area contributed by atoms with Crippen LogP contribution >= 0.6 is 11.3 Å². The van der Waals surface area contributed by atoms with Crippen LogP contribution in [0.25, 0.3) is 0 Å². The van der Waals surface area contributed by atoms with Crippen LogP contribution in [0.3, 0.4) is 0 Å². The van der Waals surface area contributed by atoms with Gasteiger partial charge in [-0.25, -0.2) is 8.42 Å². The molecule has 2 aromatic rings. The maximum atomic E-state index is 12.5. The summed E-state index contributed by atoms with van der Waals surface area (Å²) in [7, 11) is -1.83. The van der Waals surface area contributed by atoms with Crippen LogP contribution in [-0.2, 0) is 27.8 Å². The highest BCUT2D eigenvalue weighted by Gasteiger charge is 2.23. The minimum Gasteiger partial charge on any atom is -0.497 e. The number of sulfonamides is 1. The van der Waals surface area contributed by atoms with E-state index in [1.54, 1.807) is 19.2 Å². The summed E-state index contributed by atoms with van der Waals surface area (Å²) in [4.78, 5) is 12.9. The van der Waals surface area contributed by atoms with E-state index < -0.39 is 10.0 Å². The number of aryl methyl sites for hydroxylation is 1. The molecule has 1 aromatic heterocycles. The standard InChI is InChI=1S/C19H26N2O4S2/c1-4-21(5-2)27(23,24)19-12-10-17(26-19)14-20-18(22)11-9-15-7-6-8-16(13-15)25-3/h6-8,10,12-13H,4-5,9,11,14H2,1-3H3,(H,20,22). The Labute approximate surface area is 165 Å². The Morgan fingerprint density at radius 3 is 2.59 bits per heavy atom. The Morgan fingerprint density at radius 1 is 1.19 bits per heavy atom. The molecule has 0 atom stereocenters. The van der Waals surface area contributed by atoms with Crippen LogP contribution in [0.5, 0.6) is 5.75 Å². The smallest absolute Gasteiger partial charge is 0.252 e. The van der Waals surface area contributed by atoms with E-state index in [1.807, 2.05) is 38.1 Å². The molecule has 0 spiro atoms. The van der Waals surface area contributed by atoms with Gasteiger partial charge in [0.05, 0.1) is 13.7 Å². The number of nitrogens with zero attached hydrogens (tertiary/aromatic N) is 1. The Morgan fingerprint density at radius 2 is 1.93 bits per heavy atom. The first kappa shape index (κ1) is 21.4. The van der Waals surface area contributed by atoms with Crippen molar-refractivity contribution in [2.45, 2.75) is 37.4 Å². The average Bonchev–Trinajstić information content (AvgIpc) is 3.15. The molecule has 1 aromatic carbocycles. The summed E-state index contributed by atoms with van der Waals surface area (Å²) in [6.45, 7) is 4.84. The fourth-order valence-electron chi connectivity index (χ4n) is 2.64. The molecule has 148 valence electrons. The zero-order chi connectivity index (χ0) is 19.9. The Hall–Kier alpha value is -1.90. The molecular weight excluding hydrogens is 384 g/mol. The lowest BCUT2D eigenvalue weighted by molar-refractivity contribution is -0.121. The molecule has 0 aliphatic heterocycles. The van der Waals surface area contributed by atoms with Gasteiger partial charge >= 0.3 is 0 Å². The first-order valence-electron chi connectivity index (χ1n) is 8.89. The molecule has 0 saturated carbocycles. The van der Waals surface area contributed by atoms with Gasteiger partial charge in [0, 0.05) is 24.4 Å². The highest BCUT2D eigenvalue weighted by molar-refractivity contribution is 7.91. The molecule has 0 unspecified atom stereocenters. The van der Waals surface area contributed by atoms with Gasteiger partial charge in [0.2, 0.25) is 5.91 Å². The lowest BCUT2D eigenvalue weighted by atomic mass is 10.1. The molecule has 8 heteroatoms. The lowest BCUT2D eigenvalue weighted by Crippen LogP contribution is -2.30. The quantitative estimate of drug-likeness (QED) is 0.653. The van der Waals surface area contributed by atoms with E-state index >= 15 is 0 Å². The summed E-state index contributed by atoms with van der Waals surface area (Å²) >= 11 is 1.20. The normalized spacial score (nSPS) is 11.6. The fraction of sp³-hybridized carbons (Fsp3) is 0.421. The number of benzene rings is 1. The van der Waals surface area contributed by atoms with Crippen molar-refractivity contribution >= 4 is 27.3 Å². The second-order valence-electron chi connectivity index (χ2n) is 5.94. The number of carbonyl (C=O) groups is 1. The molecule has 0 saturated heterocycles. The number of methoxy groups -OCH3 is 1. The number of hydrogen-bond acceptors (Lipinski definition) is 5. The van der Waals surface area contributed by atoms with Gasteiger partial charge in [-0.3, -0.25) is 4.79 Å². The largest absolute Gasteiger partial charge is 0.497 e. The molecular formula is C19H26N2O4S2. The molecule has 0 fully saturated rings. The van der Waals surface area contributed by atoms with E-state index in [0.29, 0.717) is 36.7 Å². The highest BCUT2D eigenvalue weighted by atomic mass is 32.2. The summed E-state index contributed by atoms with van der Waals surface area (Å²) in [6, 6.07) is 11.0. The third-order valence-electron chi connectivity index (χ3n) is 4.17. The van der Waals surface area contributed by atoms with E-state index in [1.165, 1.54) is 15.6 Å². The van der Waals surface area contributed by atoms with Gasteiger partial charge in [-0.05, 0) is 36.2 Å². The van der Waals surface area contributed by atoms with Crippen LogP contribution in [0.15, 0.2) is 40.6 Å². The van der Waals surface area contributed by atoms with Gasteiger partial charge in [-0.15, -0.1) is 11.3 Å². The van der Waals surface area contributed by atoms with Crippen molar-refractivity contribution in [3.63, 3.8) is 0 Å². The Bertz CT molecular complexity index is 858. The van der Waals surface area contributed by atoms with E-state index in [9.17, 15) is 13.2 Å². The minimum absolute atomic E-state index is 0.0700. The molecule has 2 rings (SSSR count). The van der Waals surface area contributed by atoms with Gasteiger partial charge in [0.15, 0.2) is 0 Å². The summed E-state index contributed by atoms with van der Waals surface area (Å²) in [5, 5.41) is 2.85. The van der Waals surface area contributed by atoms with Crippen molar-refractivity contribution in [1.82, 2.24) is 9.62 Å². The second kappa shape index (κ2) is 9.87. The van der Waals surface area contributed by atoms with Crippen molar-refractivity contribution in [3.05, 3.63) is 46.8 Å². The van der Waals surface area contributed by atoms with E-state index in [-0.39, 0.29) is 5.91 Å². The average molecular weight is 411 g/mol. The maximum absolute atomic E-state index is 12.5. The molecule has 1 N–H and O–H groups in total. The van der Waals surface area contributed by atoms with Crippen LogP contribution < -0.4 is 10.1 Å². The van der Waals surface area contributed by atoms with Gasteiger partial charge in [-0.1, -0.05) is 26.0 Å². The maximum Gasteiger partial charge on any atom is 0.252 e. The van der Waals surface area contributed by atoms with E-state index in [0.717, 1.165) is 16.2 Å². The molecule has 1 amide bonds. The van der Waals surface area contributed by atoms with Gasteiger partial charge in [0.1, 0.15) is 9.96 Å². The third kappa shape index (κ3) is 5.79. The first-order valence-corrected chi connectivity index (χ1v) is 11.1. The highest BCUT2D eigenvalue weighted by Crippen LogP contribution is 2.24. The molecule has 0 aliphatic carbocycles. The molecule has 0 bridgehead atoms. The van der Waals surface area contributed by atoms with Crippen LogP contribution in [-0.4, -0.2) is 38.8 Å². The number of hydrogen-bond donors (Lipinski definition) is 1. The number of carbonyl (C=O) groups excluding carboxylic acids is 1. The number of amides is 1. The Kier molecular flexibility index (Phi) is 7.82. The number of nitrogens with one attached hydrogen (secondary N) is 1. The zero-order valence-corrected chi connectivity index (χ0v) is 17.5. The summed E-state index contributed by atoms with van der Waals surface area (Å²) in [5.41, 5.74) is 1.04. The number of thiophene rings is 1. The zero-order valence-electron chi connectivity index (χ0n) is 15.9. The monoisotopic (exact) mass is 410 g/mol. The number of ether oxygens (including phenoxy) is 1. The topological polar surface area (TPSA) is 75.7 Å². The summed E-state index contributed by atoms with van der Waals surface area (Å²) < 4.78 is 31.9. The fourth-order valence-corrected chi connectivity index (χ4v) is 5.55. The molecule has 27 heavy (non-hydrogen) atoms. The van der Waals surface area contributed by atoms with Gasteiger partial charge in [-0.2, -0.15) is 4.31 Å². The molecule has 0 aliphatic rings. The second-order valence-corrected chi connectivity index (χ2v) is 9.27. The summed E-state index contributed by atoms with van der Waals surface area (Å²) in [6.07, 6.45) is 0.984. The molecule has 1 heterocycles. The Balaban J connectivity index is 1.88. The van der Waals surface area contributed by atoms with Crippen molar-refractivity contribution in [2.24, 2.45) is 0 Å². The van der Waals surface area contributed by atoms with Gasteiger partial charge in [0.25, 0.3) is 10.0 Å². The van der Waals surface area contributed by atoms with Crippen LogP contribution in [0.1, 0.15) is 30.7 Å². The number of rotatable bonds is 10. The van der Waals surface area contributed by atoms with E-state index in [2.05, 4.69) is 5.32 Å². The van der Waals surface area contributed by atoms with Crippen molar-refractivity contribution in [1.29, 1.82) is 0 Å². The van der Waals surface area contributed by atoms with Gasteiger partial charge < -0.3 is 10.1 Å². The lowest BCUT2D eigenvalue weighted by Gasteiger charge is -2.16. The third-order valence-corrected chi connectivity index (χ3v) is 7.77. The summed E-state index contributed by atoms with van der Waals surface area (Å²) in [5.74, 6) is 0.702. The SMILES string of the molecule is CCN(CC)S(=O)(=O)c1ccc(CNC(=O)CCc2cccc(OC)c2)s1. The van der Waals surface area contributed by atoms with Crippen LogP contribution in [0, 0.1) is 0 Å². The first-order chi connectivity index (χ1) is 12.9. The molecule has 0 radical (unpaired) electrons.